The van der Waals surface area contributed by atoms with Crippen molar-refractivity contribution in [1.82, 2.24) is 0 Å². The zero-order chi connectivity index (χ0) is 18.5. The Hall–Kier alpha value is -2.00. The van der Waals surface area contributed by atoms with Crippen molar-refractivity contribution >= 4 is 11.4 Å². The monoisotopic (exact) mass is 368 g/mol. The number of benzene rings is 2. The Morgan fingerprint density at radius 3 is 2.23 bits per heavy atom. The fraction of sp³-hybridized carbons (Fsp3) is 0.381. The Balaban J connectivity index is 1.69. The third-order valence-electron chi connectivity index (χ3n) is 5.30. The van der Waals surface area contributed by atoms with Crippen LogP contribution in [-0.4, -0.2) is 8.76 Å². The first-order valence-electron chi connectivity index (χ1n) is 8.90. The second kappa shape index (κ2) is 8.59. The number of aryl methyl sites for hydroxylation is 1. The quantitative estimate of drug-likeness (QED) is 0.718. The van der Waals surface area contributed by atoms with E-state index < -0.39 is 17.5 Å². The van der Waals surface area contributed by atoms with E-state index in [-0.39, 0.29) is 5.92 Å². The molecule has 2 unspecified atom stereocenters. The van der Waals surface area contributed by atoms with Gasteiger partial charge in [-0.05, 0) is 67.7 Å². The van der Waals surface area contributed by atoms with Gasteiger partial charge < -0.3 is 4.55 Å². The van der Waals surface area contributed by atoms with Crippen LogP contribution in [0.2, 0.25) is 0 Å². The number of nitrogens with zero attached hydrogens (tertiary/aromatic N) is 1. The minimum atomic E-state index is -2.53. The molecule has 136 valence electrons. The van der Waals surface area contributed by atoms with E-state index in [1.54, 1.807) is 0 Å². The average Bonchev–Trinajstić information content (AvgIpc) is 2.67. The lowest BCUT2D eigenvalue weighted by molar-refractivity contribution is 0.106. The second-order valence-corrected chi connectivity index (χ2v) is 7.58. The molecule has 0 saturated heterocycles. The van der Waals surface area contributed by atoms with Crippen LogP contribution in [0.25, 0.3) is 0 Å². The summed E-state index contributed by atoms with van der Waals surface area (Å²) in [5.41, 5.74) is 3.98. The molecule has 1 fully saturated rings. The largest absolute Gasteiger partial charge is 0.750 e. The van der Waals surface area contributed by atoms with E-state index >= 15 is 0 Å². The summed E-state index contributed by atoms with van der Waals surface area (Å²) in [5.74, 6) is 0.639. The van der Waals surface area contributed by atoms with Crippen LogP contribution in [0.3, 0.4) is 0 Å². The molecule has 0 N–H and O–H groups in total. The molecule has 0 spiro atoms. The highest BCUT2D eigenvalue weighted by Gasteiger charge is 2.30. The first-order valence-corrected chi connectivity index (χ1v) is 9.90. The van der Waals surface area contributed by atoms with E-state index in [0.717, 1.165) is 36.8 Å². The molecule has 4 nitrogen and oxygen atoms in total. The molecule has 2 aromatic rings. The predicted molar refractivity (Wildman–Crippen MR) is 99.8 cm³/mol. The highest BCUT2D eigenvalue weighted by atomic mass is 32.2. The Kier molecular flexibility index (Phi) is 6.20. The van der Waals surface area contributed by atoms with Gasteiger partial charge in [0.2, 0.25) is 0 Å². The number of rotatable bonds is 5. The molecule has 2 atom stereocenters. The van der Waals surface area contributed by atoms with E-state index in [1.807, 2.05) is 55.5 Å². The Labute approximate surface area is 157 Å². The molecule has 0 aromatic heterocycles. The summed E-state index contributed by atoms with van der Waals surface area (Å²) < 4.78 is 27.6. The molecule has 5 heteroatoms. The summed E-state index contributed by atoms with van der Waals surface area (Å²) >= 11 is -2.53. The zero-order valence-corrected chi connectivity index (χ0v) is 15.6. The van der Waals surface area contributed by atoms with Crippen LogP contribution in [0.4, 0.5) is 0 Å². The van der Waals surface area contributed by atoms with Gasteiger partial charge in [-0.3, -0.25) is 4.18 Å². The second-order valence-electron chi connectivity index (χ2n) is 6.98. The smallest absolute Gasteiger partial charge is 0.101 e. The number of hydrogen-bond acceptors (Lipinski definition) is 4. The molecular weight excluding hydrogens is 346 g/mol. The summed E-state index contributed by atoms with van der Waals surface area (Å²) in [6.07, 6.45) is 3.40. The first-order chi connectivity index (χ1) is 12.6. The van der Waals surface area contributed by atoms with Gasteiger partial charge in [0.05, 0.1) is 23.0 Å². The zero-order valence-electron chi connectivity index (χ0n) is 14.8. The molecule has 0 heterocycles. The molecular formula is C21H22NO3S-. The van der Waals surface area contributed by atoms with Crippen molar-refractivity contribution in [3.8, 4) is 6.07 Å². The van der Waals surface area contributed by atoms with Gasteiger partial charge >= 0.3 is 0 Å². The fourth-order valence-corrected chi connectivity index (χ4v) is 4.27. The topological polar surface area (TPSA) is 73.2 Å². The first kappa shape index (κ1) is 18.8. The van der Waals surface area contributed by atoms with Crippen molar-refractivity contribution in [1.29, 1.82) is 5.26 Å². The van der Waals surface area contributed by atoms with Crippen molar-refractivity contribution in [3.05, 3.63) is 70.8 Å². The van der Waals surface area contributed by atoms with Crippen molar-refractivity contribution < 1.29 is 12.9 Å². The Morgan fingerprint density at radius 2 is 1.69 bits per heavy atom. The van der Waals surface area contributed by atoms with Gasteiger partial charge in [-0.1, -0.05) is 42.0 Å². The number of nitriles is 1. The Bertz CT molecular complexity index is 788. The van der Waals surface area contributed by atoms with Gasteiger partial charge in [-0.2, -0.15) is 5.26 Å². The lowest BCUT2D eigenvalue weighted by atomic mass is 9.75. The van der Waals surface area contributed by atoms with Crippen molar-refractivity contribution in [2.45, 2.75) is 44.6 Å². The molecule has 0 bridgehead atoms. The molecule has 3 rings (SSSR count). The van der Waals surface area contributed by atoms with E-state index in [9.17, 15) is 8.76 Å². The van der Waals surface area contributed by atoms with Gasteiger partial charge in [-0.25, -0.2) is 4.21 Å². The molecule has 0 aliphatic heterocycles. The van der Waals surface area contributed by atoms with E-state index in [1.165, 1.54) is 5.56 Å². The third-order valence-corrected chi connectivity index (χ3v) is 5.66. The van der Waals surface area contributed by atoms with Gasteiger partial charge in [0.1, 0.15) is 6.10 Å². The molecule has 26 heavy (non-hydrogen) atoms. The van der Waals surface area contributed by atoms with Crippen LogP contribution in [-0.2, 0) is 15.5 Å². The highest BCUT2D eigenvalue weighted by molar-refractivity contribution is 7.74. The van der Waals surface area contributed by atoms with Gasteiger partial charge in [-0.15, -0.1) is 0 Å². The lowest BCUT2D eigenvalue weighted by Crippen LogP contribution is -2.22. The van der Waals surface area contributed by atoms with Crippen LogP contribution in [0.1, 0.15) is 60.0 Å². The summed E-state index contributed by atoms with van der Waals surface area (Å²) in [5, 5.41) is 8.92. The van der Waals surface area contributed by atoms with Crippen LogP contribution < -0.4 is 0 Å². The maximum Gasteiger partial charge on any atom is 0.101 e. The minimum Gasteiger partial charge on any atom is -0.750 e. The van der Waals surface area contributed by atoms with Crippen molar-refractivity contribution in [3.63, 3.8) is 0 Å². The molecule has 0 radical (unpaired) electrons. The Morgan fingerprint density at radius 1 is 1.08 bits per heavy atom. The molecule has 2 aromatic carbocycles. The molecule has 1 aliphatic rings. The number of hydrogen-bond donors (Lipinski definition) is 0. The molecule has 1 aliphatic carbocycles. The van der Waals surface area contributed by atoms with Crippen LogP contribution in [0.5, 0.6) is 0 Å². The average molecular weight is 368 g/mol. The SMILES string of the molecule is Cc1ccc(C(OS(=O)[O-])C2CCC(c3ccc(C#N)cc3)CC2)cc1. The van der Waals surface area contributed by atoms with Crippen LogP contribution >= 0.6 is 0 Å². The van der Waals surface area contributed by atoms with Gasteiger partial charge in [0.25, 0.3) is 0 Å². The normalized spacial score (nSPS) is 22.3. The standard InChI is InChI=1S/C21H23NO3S/c1-15-2-6-19(7-3-15)21(25-26(23)24)20-12-10-18(11-13-20)17-8-4-16(14-22)5-9-17/h2-9,18,20-21H,10-13H2,1H3,(H,23,24)/p-1. The summed E-state index contributed by atoms with van der Waals surface area (Å²) in [6.45, 7) is 2.01. The predicted octanol–water partition coefficient (Wildman–Crippen LogP) is 4.69. The molecule has 1 saturated carbocycles. The van der Waals surface area contributed by atoms with Crippen molar-refractivity contribution in [2.75, 3.05) is 0 Å². The van der Waals surface area contributed by atoms with Crippen LogP contribution in [0.15, 0.2) is 48.5 Å². The molecule has 0 amide bonds. The van der Waals surface area contributed by atoms with Gasteiger partial charge in [0, 0.05) is 0 Å². The summed E-state index contributed by atoms with van der Waals surface area (Å²) in [6, 6.07) is 17.8. The van der Waals surface area contributed by atoms with Crippen molar-refractivity contribution in [2.24, 2.45) is 5.92 Å². The summed E-state index contributed by atoms with van der Waals surface area (Å²) in [7, 11) is 0. The maximum atomic E-state index is 11.2. The summed E-state index contributed by atoms with van der Waals surface area (Å²) in [4.78, 5) is 0. The maximum absolute atomic E-state index is 11.2. The van der Waals surface area contributed by atoms with Crippen LogP contribution in [0, 0.1) is 24.2 Å². The third kappa shape index (κ3) is 4.59. The van der Waals surface area contributed by atoms with Gasteiger partial charge in [0.15, 0.2) is 0 Å². The van der Waals surface area contributed by atoms with E-state index in [2.05, 4.69) is 6.07 Å². The van der Waals surface area contributed by atoms with E-state index in [0.29, 0.717) is 11.5 Å². The minimum absolute atomic E-state index is 0.185. The highest BCUT2D eigenvalue weighted by Crippen LogP contribution is 2.42. The lowest BCUT2D eigenvalue weighted by Gasteiger charge is -2.34. The van der Waals surface area contributed by atoms with E-state index in [4.69, 9.17) is 9.44 Å². The fourth-order valence-electron chi connectivity index (χ4n) is 3.83.